The van der Waals surface area contributed by atoms with Gasteiger partial charge in [-0.05, 0) is 46.9 Å². The molecule has 1 fully saturated rings. The van der Waals surface area contributed by atoms with Gasteiger partial charge in [0.25, 0.3) is 5.91 Å². The average molecular weight is 472 g/mol. The van der Waals surface area contributed by atoms with Gasteiger partial charge in [-0.1, -0.05) is 48.5 Å². The molecule has 9 heteroatoms. The summed E-state index contributed by atoms with van der Waals surface area (Å²) < 4.78 is 33.7. The molecule has 34 heavy (non-hydrogen) atoms. The van der Waals surface area contributed by atoms with Gasteiger partial charge in [0, 0.05) is 12.5 Å². The third-order valence-corrected chi connectivity index (χ3v) is 6.38. The molecule has 7 nitrogen and oxygen atoms in total. The number of rotatable bonds is 10. The molecule has 0 spiro atoms. The van der Waals surface area contributed by atoms with Crippen molar-refractivity contribution in [3.05, 3.63) is 59.7 Å². The third-order valence-electron chi connectivity index (χ3n) is 6.38. The SMILES string of the molecule is O=C(O)CC(CNC(=O)C(F)(F)CNC(=O)OCC1c2ccccc2-c2ccccc21)C1CC1. The number of carbonyl (C=O) groups is 3. The Morgan fingerprint density at radius 1 is 1.00 bits per heavy atom. The number of fused-ring (bicyclic) bond motifs is 3. The number of halogens is 2. The number of benzene rings is 2. The van der Waals surface area contributed by atoms with Crippen molar-refractivity contribution >= 4 is 18.0 Å². The van der Waals surface area contributed by atoms with E-state index in [9.17, 15) is 23.2 Å². The van der Waals surface area contributed by atoms with Crippen molar-refractivity contribution in [2.45, 2.75) is 31.1 Å². The van der Waals surface area contributed by atoms with E-state index in [0.29, 0.717) is 0 Å². The smallest absolute Gasteiger partial charge is 0.407 e. The summed E-state index contributed by atoms with van der Waals surface area (Å²) in [4.78, 5) is 35.0. The minimum Gasteiger partial charge on any atom is -0.481 e. The minimum absolute atomic E-state index is 0.0319. The van der Waals surface area contributed by atoms with Crippen molar-refractivity contribution in [3.8, 4) is 11.1 Å². The topological polar surface area (TPSA) is 105 Å². The van der Waals surface area contributed by atoms with E-state index in [-0.39, 0.29) is 37.3 Å². The zero-order valence-electron chi connectivity index (χ0n) is 18.4. The summed E-state index contributed by atoms with van der Waals surface area (Å²) in [5.74, 6) is -6.91. The van der Waals surface area contributed by atoms with Crippen LogP contribution in [0.1, 0.15) is 36.3 Å². The molecule has 0 bridgehead atoms. The Morgan fingerprint density at radius 3 is 2.15 bits per heavy atom. The Balaban J connectivity index is 1.27. The fourth-order valence-electron chi connectivity index (χ4n) is 4.46. The summed E-state index contributed by atoms with van der Waals surface area (Å²) in [6.07, 6.45) is 0.423. The number of aliphatic carboxylic acids is 1. The number of nitrogens with one attached hydrogen (secondary N) is 2. The molecule has 180 valence electrons. The molecule has 2 aliphatic rings. The van der Waals surface area contributed by atoms with Crippen LogP contribution in [-0.2, 0) is 14.3 Å². The highest BCUT2D eigenvalue weighted by Crippen LogP contribution is 2.44. The largest absolute Gasteiger partial charge is 0.481 e. The van der Waals surface area contributed by atoms with E-state index in [4.69, 9.17) is 9.84 Å². The van der Waals surface area contributed by atoms with E-state index in [0.717, 1.165) is 35.1 Å². The summed E-state index contributed by atoms with van der Waals surface area (Å²) >= 11 is 0. The van der Waals surface area contributed by atoms with E-state index >= 15 is 0 Å². The number of hydrogen-bond donors (Lipinski definition) is 3. The number of ether oxygens (including phenoxy) is 1. The maximum absolute atomic E-state index is 14.2. The first-order chi connectivity index (χ1) is 16.3. The van der Waals surface area contributed by atoms with Gasteiger partial charge in [0.2, 0.25) is 0 Å². The maximum Gasteiger partial charge on any atom is 0.407 e. The molecule has 0 radical (unpaired) electrons. The number of carboxylic acid groups (broad SMARTS) is 1. The maximum atomic E-state index is 14.2. The molecule has 0 saturated heterocycles. The van der Waals surface area contributed by atoms with Gasteiger partial charge in [-0.15, -0.1) is 0 Å². The first-order valence-electron chi connectivity index (χ1n) is 11.2. The molecule has 0 heterocycles. The van der Waals surface area contributed by atoms with Crippen molar-refractivity contribution in [1.29, 1.82) is 0 Å². The van der Waals surface area contributed by atoms with Crippen molar-refractivity contribution in [2.75, 3.05) is 19.7 Å². The normalized spacial score (nSPS) is 15.7. The summed E-state index contributed by atoms with van der Waals surface area (Å²) in [6, 6.07) is 15.5. The molecule has 2 aliphatic carbocycles. The Bertz CT molecular complexity index is 1040. The summed E-state index contributed by atoms with van der Waals surface area (Å²) in [6.45, 7) is -1.39. The predicted octanol–water partition coefficient (Wildman–Crippen LogP) is 3.78. The van der Waals surface area contributed by atoms with Gasteiger partial charge in [-0.25, -0.2) is 4.79 Å². The van der Waals surface area contributed by atoms with Crippen LogP contribution < -0.4 is 10.6 Å². The molecule has 2 aromatic rings. The van der Waals surface area contributed by atoms with Crippen molar-refractivity contribution < 1.29 is 33.0 Å². The van der Waals surface area contributed by atoms with Crippen molar-refractivity contribution in [3.63, 3.8) is 0 Å². The van der Waals surface area contributed by atoms with Gasteiger partial charge in [0.05, 0.1) is 13.0 Å². The highest BCUT2D eigenvalue weighted by Gasteiger charge is 2.41. The van der Waals surface area contributed by atoms with E-state index in [1.54, 1.807) is 0 Å². The Morgan fingerprint density at radius 2 is 1.59 bits per heavy atom. The molecule has 4 rings (SSSR count). The molecule has 0 aromatic heterocycles. The van der Waals surface area contributed by atoms with Gasteiger partial charge < -0.3 is 20.5 Å². The number of carboxylic acids is 1. The van der Waals surface area contributed by atoms with Crippen LogP contribution in [0.3, 0.4) is 0 Å². The zero-order valence-corrected chi connectivity index (χ0v) is 18.4. The number of alkyl carbamates (subject to hydrolysis) is 1. The van der Waals surface area contributed by atoms with Gasteiger partial charge in [-0.3, -0.25) is 9.59 Å². The second kappa shape index (κ2) is 9.79. The summed E-state index contributed by atoms with van der Waals surface area (Å²) in [5, 5.41) is 13.0. The fourth-order valence-corrected chi connectivity index (χ4v) is 4.46. The van der Waals surface area contributed by atoms with Crippen molar-refractivity contribution in [1.82, 2.24) is 10.6 Å². The lowest BCUT2D eigenvalue weighted by atomic mass is 9.98. The fraction of sp³-hybridized carbons (Fsp3) is 0.400. The molecule has 2 amide bonds. The van der Waals surface area contributed by atoms with Crippen LogP contribution in [0.5, 0.6) is 0 Å². The summed E-state index contributed by atoms with van der Waals surface area (Å²) in [7, 11) is 0. The summed E-state index contributed by atoms with van der Waals surface area (Å²) in [5.41, 5.74) is 4.07. The monoisotopic (exact) mass is 472 g/mol. The number of amides is 2. The Kier molecular flexibility index (Phi) is 6.81. The van der Waals surface area contributed by atoms with Crippen LogP contribution in [-0.4, -0.2) is 48.7 Å². The number of alkyl halides is 2. The van der Waals surface area contributed by atoms with Crippen LogP contribution in [0.15, 0.2) is 48.5 Å². The Hall–Kier alpha value is -3.49. The molecular weight excluding hydrogens is 446 g/mol. The first-order valence-corrected chi connectivity index (χ1v) is 11.2. The van der Waals surface area contributed by atoms with E-state index in [1.165, 1.54) is 0 Å². The molecule has 1 saturated carbocycles. The van der Waals surface area contributed by atoms with Gasteiger partial charge in [0.15, 0.2) is 0 Å². The molecule has 1 atom stereocenters. The predicted molar refractivity (Wildman–Crippen MR) is 119 cm³/mol. The lowest BCUT2D eigenvalue weighted by Crippen LogP contribution is -2.49. The van der Waals surface area contributed by atoms with Crippen LogP contribution >= 0.6 is 0 Å². The van der Waals surface area contributed by atoms with Gasteiger partial charge in [-0.2, -0.15) is 8.78 Å². The van der Waals surface area contributed by atoms with Gasteiger partial charge in [0.1, 0.15) is 6.61 Å². The van der Waals surface area contributed by atoms with E-state index < -0.39 is 30.4 Å². The molecular formula is C25H26F2N2O5. The standard InChI is InChI=1S/C25H26F2N2O5/c26-25(27,23(32)28-12-16(11-22(30)31)15-9-10-15)14-29-24(33)34-13-21-19-7-3-1-5-17(19)18-6-2-4-8-20(18)21/h1-8,15-16,21H,9-14H2,(H,28,32)(H,29,33)(H,30,31). The average Bonchev–Trinajstić information content (AvgIpc) is 3.61. The Labute approximate surface area is 195 Å². The lowest BCUT2D eigenvalue weighted by molar-refractivity contribution is -0.145. The lowest BCUT2D eigenvalue weighted by Gasteiger charge is -2.20. The molecule has 1 unspecified atom stereocenters. The van der Waals surface area contributed by atoms with E-state index in [2.05, 4.69) is 5.32 Å². The molecule has 3 N–H and O–H groups in total. The first kappa shape index (κ1) is 23.7. The highest BCUT2D eigenvalue weighted by atomic mass is 19.3. The van der Waals surface area contributed by atoms with Crippen molar-refractivity contribution in [2.24, 2.45) is 11.8 Å². The van der Waals surface area contributed by atoms with Crippen LogP contribution in [0.2, 0.25) is 0 Å². The van der Waals surface area contributed by atoms with Gasteiger partial charge >= 0.3 is 18.0 Å². The van der Waals surface area contributed by atoms with Crippen LogP contribution in [0, 0.1) is 11.8 Å². The van der Waals surface area contributed by atoms with Crippen LogP contribution in [0.25, 0.3) is 11.1 Å². The van der Waals surface area contributed by atoms with E-state index in [1.807, 2.05) is 53.8 Å². The molecule has 0 aliphatic heterocycles. The highest BCUT2D eigenvalue weighted by molar-refractivity contribution is 5.84. The van der Waals surface area contributed by atoms with Crippen LogP contribution in [0.4, 0.5) is 13.6 Å². The minimum atomic E-state index is -3.86. The second-order valence-electron chi connectivity index (χ2n) is 8.79. The number of hydrogen-bond acceptors (Lipinski definition) is 4. The number of carbonyl (C=O) groups excluding carboxylic acids is 2. The zero-order chi connectivity index (χ0) is 24.3. The third kappa shape index (κ3) is 5.35. The second-order valence-corrected chi connectivity index (χ2v) is 8.79. The molecule has 2 aromatic carbocycles. The quantitative estimate of drug-likeness (QED) is 0.488.